The largest absolute Gasteiger partial charge is 0.550 e. The molecular formula is C6H15NO3. The van der Waals surface area contributed by atoms with Gasteiger partial charge in [-0.15, -0.1) is 0 Å². The van der Waals surface area contributed by atoms with E-state index in [0.717, 1.165) is 13.3 Å². The van der Waals surface area contributed by atoms with Gasteiger partial charge in [0.15, 0.2) is 0 Å². The molecule has 0 saturated heterocycles. The van der Waals surface area contributed by atoms with Crippen LogP contribution in [-0.4, -0.2) is 23.7 Å². The molecule has 4 heteroatoms. The molecule has 0 aromatic heterocycles. The van der Waals surface area contributed by atoms with Crippen LogP contribution in [-0.2, 0) is 4.79 Å². The van der Waals surface area contributed by atoms with E-state index in [-0.39, 0.29) is 12.6 Å². The molecule has 0 aromatic rings. The van der Waals surface area contributed by atoms with Gasteiger partial charge in [-0.2, -0.15) is 0 Å². The molecule has 0 aliphatic heterocycles. The molecule has 0 amide bonds. The molecule has 62 valence electrons. The van der Waals surface area contributed by atoms with Gasteiger partial charge in [0.1, 0.15) is 6.04 Å². The third-order valence-electron chi connectivity index (χ3n) is 0.836. The first-order chi connectivity index (χ1) is 4.54. The first-order valence-corrected chi connectivity index (χ1v) is 3.16. The summed E-state index contributed by atoms with van der Waals surface area (Å²) in [5.41, 5.74) is 3.62. The van der Waals surface area contributed by atoms with E-state index in [1.807, 2.05) is 6.92 Å². The summed E-state index contributed by atoms with van der Waals surface area (Å²) in [6.07, 6.45) is 0.969. The van der Waals surface area contributed by atoms with Gasteiger partial charge in [-0.25, -0.2) is 0 Å². The van der Waals surface area contributed by atoms with Crippen molar-refractivity contribution in [1.29, 1.82) is 0 Å². The van der Waals surface area contributed by atoms with Crippen LogP contribution in [0.2, 0.25) is 0 Å². The molecule has 10 heavy (non-hydrogen) atoms. The third kappa shape index (κ3) is 26.3. The Morgan fingerprint density at radius 3 is 2.10 bits per heavy atom. The van der Waals surface area contributed by atoms with Crippen LogP contribution in [0.25, 0.3) is 0 Å². The minimum atomic E-state index is -1.08. The van der Waals surface area contributed by atoms with Crippen LogP contribution >= 0.6 is 0 Å². The number of hydrogen-bond donors (Lipinski definition) is 2. The van der Waals surface area contributed by atoms with Crippen molar-refractivity contribution in [3.8, 4) is 0 Å². The monoisotopic (exact) mass is 149 g/mol. The molecule has 0 fully saturated rings. The van der Waals surface area contributed by atoms with E-state index < -0.39 is 5.97 Å². The van der Waals surface area contributed by atoms with Gasteiger partial charge in [0, 0.05) is 5.97 Å². The average Bonchev–Trinajstić information content (AvgIpc) is 1.85. The molecular weight excluding hydrogens is 134 g/mol. The van der Waals surface area contributed by atoms with Crippen LogP contribution in [0.15, 0.2) is 0 Å². The lowest BCUT2D eigenvalue weighted by molar-refractivity contribution is -0.425. The second kappa shape index (κ2) is 8.39. The lowest BCUT2D eigenvalue weighted by Crippen LogP contribution is -2.62. The van der Waals surface area contributed by atoms with Crippen molar-refractivity contribution in [2.75, 3.05) is 6.61 Å². The predicted octanol–water partition coefficient (Wildman–Crippen LogP) is -2.24. The molecule has 0 rings (SSSR count). The van der Waals surface area contributed by atoms with Crippen molar-refractivity contribution in [2.45, 2.75) is 26.3 Å². The van der Waals surface area contributed by atoms with Crippen molar-refractivity contribution < 1.29 is 20.7 Å². The number of carbonyl (C=O) groups excluding carboxylic acids is 1. The Kier molecular flexibility index (Phi) is 10.2. The molecule has 4 N–H and O–H groups in total. The summed E-state index contributed by atoms with van der Waals surface area (Å²) in [5, 5.41) is 17.2. The van der Waals surface area contributed by atoms with Crippen LogP contribution in [0, 0.1) is 0 Å². The van der Waals surface area contributed by atoms with Gasteiger partial charge >= 0.3 is 0 Å². The van der Waals surface area contributed by atoms with Gasteiger partial charge in [-0.05, 0) is 13.3 Å². The smallest absolute Gasteiger partial charge is 0.107 e. The summed E-state index contributed by atoms with van der Waals surface area (Å²) in [4.78, 5) is 8.89. The van der Waals surface area contributed by atoms with E-state index in [9.17, 15) is 0 Å². The molecule has 1 atom stereocenters. The summed E-state index contributed by atoms with van der Waals surface area (Å²) >= 11 is 0. The minimum absolute atomic E-state index is 0.219. The molecule has 0 saturated carbocycles. The van der Waals surface area contributed by atoms with Gasteiger partial charge in [0.25, 0.3) is 0 Å². The topological polar surface area (TPSA) is 88.0 Å². The number of quaternary nitrogens is 1. The molecule has 0 unspecified atom stereocenters. The summed E-state index contributed by atoms with van der Waals surface area (Å²) in [6, 6.07) is 0.241. The zero-order valence-corrected chi connectivity index (χ0v) is 6.46. The summed E-state index contributed by atoms with van der Waals surface area (Å²) in [7, 11) is 0. The number of rotatable bonds is 2. The van der Waals surface area contributed by atoms with E-state index in [0.29, 0.717) is 0 Å². The first kappa shape index (κ1) is 12.1. The maximum Gasteiger partial charge on any atom is 0.107 e. The van der Waals surface area contributed by atoms with Crippen LogP contribution in [0.4, 0.5) is 0 Å². The van der Waals surface area contributed by atoms with Crippen LogP contribution in [0.5, 0.6) is 0 Å². The number of aliphatic hydroxyl groups excluding tert-OH is 1. The normalized spacial score (nSPS) is 11.2. The fourth-order valence-corrected chi connectivity index (χ4v) is 0.129. The third-order valence-corrected chi connectivity index (χ3v) is 0.836. The van der Waals surface area contributed by atoms with Gasteiger partial charge in [0.2, 0.25) is 0 Å². The van der Waals surface area contributed by atoms with Crippen molar-refractivity contribution in [1.82, 2.24) is 0 Å². The second-order valence-corrected chi connectivity index (χ2v) is 1.95. The maximum atomic E-state index is 8.89. The van der Waals surface area contributed by atoms with Crippen LogP contribution in [0.1, 0.15) is 20.3 Å². The first-order valence-electron chi connectivity index (χ1n) is 3.16. The standard InChI is InChI=1S/C4H11NO.C2H4O2/c1-2-4(5)3-6;1-2(3)4/h4,6H,2-3,5H2,1H3;1H3,(H,3,4)/t4-;/m1./s1. The summed E-state index contributed by atoms with van der Waals surface area (Å²) in [5.74, 6) is -1.08. The second-order valence-electron chi connectivity index (χ2n) is 1.95. The highest BCUT2D eigenvalue weighted by Crippen LogP contribution is 1.76. The molecule has 0 aliphatic rings. The summed E-state index contributed by atoms with van der Waals surface area (Å²) in [6.45, 7) is 3.20. The van der Waals surface area contributed by atoms with E-state index in [2.05, 4.69) is 5.73 Å². The van der Waals surface area contributed by atoms with Crippen molar-refractivity contribution in [2.24, 2.45) is 0 Å². The number of hydrogen-bond acceptors (Lipinski definition) is 3. The highest BCUT2D eigenvalue weighted by molar-refractivity contribution is 5.60. The van der Waals surface area contributed by atoms with E-state index >= 15 is 0 Å². The number of aliphatic carboxylic acids is 1. The highest BCUT2D eigenvalue weighted by Gasteiger charge is 1.94. The Morgan fingerprint density at radius 1 is 1.80 bits per heavy atom. The lowest BCUT2D eigenvalue weighted by Gasteiger charge is -1.94. The lowest BCUT2D eigenvalue weighted by atomic mass is 10.3. The molecule has 0 aliphatic carbocycles. The average molecular weight is 149 g/mol. The highest BCUT2D eigenvalue weighted by atomic mass is 16.4. The van der Waals surface area contributed by atoms with E-state index in [4.69, 9.17) is 15.0 Å². The maximum absolute atomic E-state index is 8.89. The molecule has 0 aromatic carbocycles. The predicted molar refractivity (Wildman–Crippen MR) is 34.7 cm³/mol. The van der Waals surface area contributed by atoms with Crippen LogP contribution < -0.4 is 10.8 Å². The Balaban J connectivity index is 0. The zero-order valence-electron chi connectivity index (χ0n) is 6.46. The van der Waals surface area contributed by atoms with Crippen molar-refractivity contribution >= 4 is 5.97 Å². The Morgan fingerprint density at radius 2 is 2.10 bits per heavy atom. The molecule has 0 spiro atoms. The molecule has 4 nitrogen and oxygen atoms in total. The Labute approximate surface area is 60.7 Å². The number of carboxylic acid groups (broad SMARTS) is 1. The minimum Gasteiger partial charge on any atom is -0.550 e. The van der Waals surface area contributed by atoms with E-state index in [1.54, 1.807) is 0 Å². The zero-order chi connectivity index (χ0) is 8.57. The van der Waals surface area contributed by atoms with Crippen LogP contribution in [0.3, 0.4) is 0 Å². The fourth-order valence-electron chi connectivity index (χ4n) is 0.129. The SMILES string of the molecule is CC(=O)[O-].CC[C@@H]([NH3+])CO. The number of aliphatic hydroxyl groups is 1. The van der Waals surface area contributed by atoms with Crippen molar-refractivity contribution in [3.63, 3.8) is 0 Å². The van der Waals surface area contributed by atoms with Crippen molar-refractivity contribution in [3.05, 3.63) is 0 Å². The summed E-state index contributed by atoms with van der Waals surface area (Å²) < 4.78 is 0. The number of carboxylic acids is 1. The van der Waals surface area contributed by atoms with Gasteiger partial charge in [0.05, 0.1) is 6.61 Å². The molecule has 0 radical (unpaired) electrons. The Bertz CT molecular complexity index is 77.1. The quantitative estimate of drug-likeness (QED) is 0.465. The molecule has 0 heterocycles. The van der Waals surface area contributed by atoms with Gasteiger partial charge in [-0.1, -0.05) is 6.92 Å². The Hall–Kier alpha value is -0.610. The van der Waals surface area contributed by atoms with Gasteiger partial charge in [-0.3, -0.25) is 0 Å². The fraction of sp³-hybridized carbons (Fsp3) is 0.833. The van der Waals surface area contributed by atoms with Gasteiger partial charge < -0.3 is 20.7 Å². The number of carbonyl (C=O) groups is 1. The molecule has 0 bridgehead atoms. The van der Waals surface area contributed by atoms with E-state index in [1.165, 1.54) is 0 Å².